The van der Waals surface area contributed by atoms with Crippen molar-refractivity contribution in [2.45, 2.75) is 46.1 Å². The Balaban J connectivity index is 1.95. The molecule has 2 aromatic rings. The second kappa shape index (κ2) is 7.02. The van der Waals surface area contributed by atoms with Crippen molar-refractivity contribution in [3.8, 4) is 11.4 Å². The molecule has 5 nitrogen and oxygen atoms in total. The van der Waals surface area contributed by atoms with Crippen LogP contribution in [0, 0.1) is 6.92 Å². The van der Waals surface area contributed by atoms with Crippen molar-refractivity contribution in [2.24, 2.45) is 0 Å². The molecule has 1 aromatic heterocycles. The largest absolute Gasteiger partial charge is 0.354 e. The van der Waals surface area contributed by atoms with Gasteiger partial charge < -0.3 is 9.84 Å². The van der Waals surface area contributed by atoms with Crippen molar-refractivity contribution >= 4 is 5.91 Å². The zero-order valence-electron chi connectivity index (χ0n) is 12.7. The van der Waals surface area contributed by atoms with Crippen LogP contribution in [0.4, 0.5) is 0 Å². The van der Waals surface area contributed by atoms with Gasteiger partial charge >= 0.3 is 0 Å². The summed E-state index contributed by atoms with van der Waals surface area (Å²) in [5.41, 5.74) is 2.05. The molecule has 0 fully saturated rings. The van der Waals surface area contributed by atoms with E-state index in [1.54, 1.807) is 0 Å². The van der Waals surface area contributed by atoms with E-state index < -0.39 is 0 Å². The molecule has 0 aliphatic heterocycles. The Morgan fingerprint density at radius 2 is 2.14 bits per heavy atom. The molecule has 112 valence electrons. The highest BCUT2D eigenvalue weighted by molar-refractivity contribution is 5.76. The van der Waals surface area contributed by atoms with Gasteiger partial charge in [-0.3, -0.25) is 4.79 Å². The Bertz CT molecular complexity index is 607. The lowest BCUT2D eigenvalue weighted by molar-refractivity contribution is -0.121. The molecule has 2 rings (SSSR count). The number of rotatable bonds is 6. The highest BCUT2D eigenvalue weighted by Gasteiger charge is 2.12. The van der Waals surface area contributed by atoms with Crippen molar-refractivity contribution in [3.63, 3.8) is 0 Å². The number of carbonyl (C=O) groups is 1. The molecule has 0 radical (unpaired) electrons. The summed E-state index contributed by atoms with van der Waals surface area (Å²) in [4.78, 5) is 16.1. The highest BCUT2D eigenvalue weighted by Crippen LogP contribution is 2.20. The van der Waals surface area contributed by atoms with Crippen LogP contribution < -0.4 is 5.32 Å². The maximum atomic E-state index is 11.7. The summed E-state index contributed by atoms with van der Waals surface area (Å²) >= 11 is 0. The van der Waals surface area contributed by atoms with Gasteiger partial charge in [-0.2, -0.15) is 4.98 Å². The van der Waals surface area contributed by atoms with Crippen molar-refractivity contribution in [1.82, 2.24) is 15.5 Å². The summed E-state index contributed by atoms with van der Waals surface area (Å²) in [5.74, 6) is 1.08. The van der Waals surface area contributed by atoms with Gasteiger partial charge in [0.15, 0.2) is 0 Å². The van der Waals surface area contributed by atoms with Gasteiger partial charge in [-0.05, 0) is 25.8 Å². The Morgan fingerprint density at radius 1 is 1.38 bits per heavy atom. The van der Waals surface area contributed by atoms with Crippen molar-refractivity contribution in [1.29, 1.82) is 0 Å². The number of nitrogens with one attached hydrogen (secondary N) is 1. The van der Waals surface area contributed by atoms with Gasteiger partial charge in [0, 0.05) is 24.4 Å². The number of hydrogen-bond donors (Lipinski definition) is 1. The summed E-state index contributed by atoms with van der Waals surface area (Å²) in [7, 11) is 0. The average molecular weight is 287 g/mol. The second-order valence-corrected chi connectivity index (χ2v) is 5.20. The summed E-state index contributed by atoms with van der Waals surface area (Å²) in [6.45, 7) is 6.03. The van der Waals surface area contributed by atoms with E-state index in [4.69, 9.17) is 4.52 Å². The van der Waals surface area contributed by atoms with E-state index in [2.05, 4.69) is 15.5 Å². The van der Waals surface area contributed by atoms with Gasteiger partial charge in [-0.25, -0.2) is 0 Å². The van der Waals surface area contributed by atoms with Gasteiger partial charge in [0.25, 0.3) is 0 Å². The average Bonchev–Trinajstić information content (AvgIpc) is 2.94. The first-order chi connectivity index (χ1) is 10.1. The molecule has 1 amide bonds. The lowest BCUT2D eigenvalue weighted by atomic mass is 10.1. The van der Waals surface area contributed by atoms with Crippen molar-refractivity contribution in [2.75, 3.05) is 0 Å². The number of amides is 1. The van der Waals surface area contributed by atoms with Crippen molar-refractivity contribution in [3.05, 3.63) is 35.7 Å². The van der Waals surface area contributed by atoms with Gasteiger partial charge in [0.05, 0.1) is 0 Å². The lowest BCUT2D eigenvalue weighted by Gasteiger charge is -2.10. The monoisotopic (exact) mass is 287 g/mol. The Kier molecular flexibility index (Phi) is 5.09. The van der Waals surface area contributed by atoms with E-state index in [0.29, 0.717) is 24.6 Å². The molecule has 0 aliphatic rings. The molecule has 0 unspecified atom stereocenters. The van der Waals surface area contributed by atoms with E-state index in [-0.39, 0.29) is 11.9 Å². The normalized spacial score (nSPS) is 12.1. The number of benzene rings is 1. The first-order valence-corrected chi connectivity index (χ1v) is 7.28. The van der Waals surface area contributed by atoms with E-state index in [1.165, 1.54) is 0 Å². The first-order valence-electron chi connectivity index (χ1n) is 7.28. The Hall–Kier alpha value is -2.17. The molecule has 0 bridgehead atoms. The van der Waals surface area contributed by atoms with Crippen LogP contribution in [0.3, 0.4) is 0 Å². The molecule has 0 aliphatic carbocycles. The molecule has 0 saturated carbocycles. The van der Waals surface area contributed by atoms with Crippen LogP contribution >= 0.6 is 0 Å². The maximum absolute atomic E-state index is 11.7. The zero-order valence-corrected chi connectivity index (χ0v) is 12.7. The predicted octanol–water partition coefficient (Wildman–Crippen LogP) is 2.89. The van der Waals surface area contributed by atoms with Gasteiger partial charge in [-0.15, -0.1) is 0 Å². The van der Waals surface area contributed by atoms with Crippen LogP contribution in [0.25, 0.3) is 11.4 Å². The maximum Gasteiger partial charge on any atom is 0.227 e. The van der Waals surface area contributed by atoms with Crippen LogP contribution in [0.2, 0.25) is 0 Å². The van der Waals surface area contributed by atoms with Gasteiger partial charge in [-0.1, -0.05) is 36.3 Å². The topological polar surface area (TPSA) is 68.0 Å². The van der Waals surface area contributed by atoms with Crippen LogP contribution in [0.1, 0.15) is 38.1 Å². The minimum atomic E-state index is 0.0139. The predicted molar refractivity (Wildman–Crippen MR) is 80.7 cm³/mol. The lowest BCUT2D eigenvalue weighted by Crippen LogP contribution is -2.32. The zero-order chi connectivity index (χ0) is 15.2. The molecule has 21 heavy (non-hydrogen) atoms. The fourth-order valence-electron chi connectivity index (χ4n) is 1.96. The first kappa shape index (κ1) is 15.2. The number of carbonyl (C=O) groups excluding carboxylic acids is 1. The van der Waals surface area contributed by atoms with Gasteiger partial charge in [0.1, 0.15) is 0 Å². The fourth-order valence-corrected chi connectivity index (χ4v) is 1.96. The number of nitrogens with zero attached hydrogens (tertiary/aromatic N) is 2. The van der Waals surface area contributed by atoms with Crippen LogP contribution in [-0.4, -0.2) is 22.1 Å². The third kappa shape index (κ3) is 4.15. The Labute approximate surface area is 124 Å². The van der Waals surface area contributed by atoms with Crippen molar-refractivity contribution < 1.29 is 9.32 Å². The molecular weight excluding hydrogens is 266 g/mol. The summed E-state index contributed by atoms with van der Waals surface area (Å²) < 4.78 is 5.21. The van der Waals surface area contributed by atoms with Crippen LogP contribution in [0.5, 0.6) is 0 Å². The SMILES string of the molecule is CC[C@H](C)NC(=O)CCc1nc(-c2ccccc2C)no1. The fraction of sp³-hybridized carbons (Fsp3) is 0.438. The third-order valence-corrected chi connectivity index (χ3v) is 3.44. The molecule has 1 N–H and O–H groups in total. The molecule has 0 saturated heterocycles. The molecule has 1 aromatic carbocycles. The minimum Gasteiger partial charge on any atom is -0.354 e. The summed E-state index contributed by atoms with van der Waals surface area (Å²) in [5, 5.41) is 6.90. The number of hydrogen-bond acceptors (Lipinski definition) is 4. The molecule has 1 heterocycles. The van der Waals surface area contributed by atoms with E-state index in [0.717, 1.165) is 17.5 Å². The van der Waals surface area contributed by atoms with Crippen LogP contribution in [0.15, 0.2) is 28.8 Å². The minimum absolute atomic E-state index is 0.0139. The molecule has 5 heteroatoms. The molecule has 0 spiro atoms. The molecule has 1 atom stereocenters. The molecular formula is C16H21N3O2. The van der Waals surface area contributed by atoms with E-state index in [1.807, 2.05) is 45.0 Å². The second-order valence-electron chi connectivity index (χ2n) is 5.20. The van der Waals surface area contributed by atoms with E-state index in [9.17, 15) is 4.79 Å². The van der Waals surface area contributed by atoms with Crippen LogP contribution in [-0.2, 0) is 11.2 Å². The van der Waals surface area contributed by atoms with Gasteiger partial charge in [0.2, 0.25) is 17.6 Å². The Morgan fingerprint density at radius 3 is 2.86 bits per heavy atom. The third-order valence-electron chi connectivity index (χ3n) is 3.44. The quantitative estimate of drug-likeness (QED) is 0.887. The van der Waals surface area contributed by atoms with E-state index >= 15 is 0 Å². The standard InChI is InChI=1S/C16H21N3O2/c1-4-12(3)17-14(20)9-10-15-18-16(19-21-15)13-8-6-5-7-11(13)2/h5-8,12H,4,9-10H2,1-3H3,(H,17,20)/t12-/m0/s1. The highest BCUT2D eigenvalue weighted by atomic mass is 16.5. The number of aryl methyl sites for hydroxylation is 2. The number of aromatic nitrogens is 2. The summed E-state index contributed by atoms with van der Waals surface area (Å²) in [6, 6.07) is 8.07. The smallest absolute Gasteiger partial charge is 0.227 e. The summed E-state index contributed by atoms with van der Waals surface area (Å²) in [6.07, 6.45) is 1.74.